The van der Waals surface area contributed by atoms with Crippen molar-refractivity contribution in [2.24, 2.45) is 4.99 Å². The van der Waals surface area contributed by atoms with E-state index in [0.29, 0.717) is 23.4 Å². The minimum absolute atomic E-state index is 0. The number of guanidine groups is 1. The van der Waals surface area contributed by atoms with E-state index in [9.17, 15) is 21.6 Å². The molecule has 1 saturated heterocycles. The van der Waals surface area contributed by atoms with Crippen molar-refractivity contribution in [2.45, 2.75) is 44.3 Å². The van der Waals surface area contributed by atoms with Crippen molar-refractivity contribution in [1.29, 1.82) is 0 Å². The lowest BCUT2D eigenvalue weighted by Crippen LogP contribution is -2.51. The monoisotopic (exact) mass is 577 g/mol. The number of nitrogens with one attached hydrogen (secondary N) is 2. The summed E-state index contributed by atoms with van der Waals surface area (Å²) in [6.45, 7) is 4.78. The molecule has 1 aromatic rings. The van der Waals surface area contributed by atoms with Crippen molar-refractivity contribution >= 4 is 45.6 Å². The maximum atomic E-state index is 12.7. The minimum atomic E-state index is -5.26. The summed E-state index contributed by atoms with van der Waals surface area (Å²) in [5.41, 5.74) is -4.18. The number of hydrogen-bond acceptors (Lipinski definition) is 4. The number of nitrogens with zero attached hydrogens (tertiary/aromatic N) is 3. The van der Waals surface area contributed by atoms with E-state index < -0.39 is 15.5 Å². The summed E-state index contributed by atoms with van der Waals surface area (Å²) >= 11 is 0. The second-order valence-corrected chi connectivity index (χ2v) is 9.21. The number of aliphatic imine (C=N–C) groups is 1. The summed E-state index contributed by atoms with van der Waals surface area (Å²) in [4.78, 5) is 6.72. The van der Waals surface area contributed by atoms with Crippen LogP contribution in [0.4, 0.5) is 18.9 Å². The van der Waals surface area contributed by atoms with Gasteiger partial charge in [-0.05, 0) is 38.8 Å². The van der Waals surface area contributed by atoms with E-state index in [4.69, 9.17) is 0 Å². The van der Waals surface area contributed by atoms with Crippen molar-refractivity contribution < 1.29 is 21.6 Å². The number of rotatable bonds is 7. The molecule has 1 unspecified atom stereocenters. The van der Waals surface area contributed by atoms with Gasteiger partial charge < -0.3 is 15.5 Å². The quantitative estimate of drug-likeness (QED) is 0.296. The fourth-order valence-electron chi connectivity index (χ4n) is 3.16. The number of likely N-dealkylation sites (N-methyl/N-ethyl adjacent to an activating group) is 1. The molecule has 31 heavy (non-hydrogen) atoms. The molecule has 0 aromatic heterocycles. The number of benzene rings is 1. The van der Waals surface area contributed by atoms with Crippen LogP contribution in [0.2, 0.25) is 0 Å². The number of anilines is 1. The Balaban J connectivity index is 0.00000480. The number of sulfonamides is 1. The molecule has 0 amide bonds. The zero-order valence-electron chi connectivity index (χ0n) is 17.9. The van der Waals surface area contributed by atoms with Gasteiger partial charge in [-0.25, -0.2) is 8.42 Å². The molecule has 1 heterocycles. The normalized spacial score (nSPS) is 17.5. The molecule has 1 fully saturated rings. The van der Waals surface area contributed by atoms with Crippen LogP contribution >= 0.6 is 24.0 Å². The maximum absolute atomic E-state index is 12.7. The van der Waals surface area contributed by atoms with Crippen LogP contribution in [-0.2, 0) is 10.0 Å². The van der Waals surface area contributed by atoms with E-state index in [1.807, 2.05) is 44.3 Å². The fourth-order valence-corrected chi connectivity index (χ4v) is 4.15. The standard InChI is InChI=1S/C19H30F3N5O2S.HI/c1-4-23-18(24-14-15(2)26(3)17-8-6-5-7-9-17)25-16-10-12-27(13-11-16)30(28,29)19(20,21)22;/h5-9,15-16H,4,10-14H2,1-3H3,(H2,23,24,25);1H. The average Bonchev–Trinajstić information content (AvgIpc) is 2.71. The number of hydrogen-bond donors (Lipinski definition) is 2. The highest BCUT2D eigenvalue weighted by Gasteiger charge is 2.50. The zero-order valence-corrected chi connectivity index (χ0v) is 21.0. The van der Waals surface area contributed by atoms with Crippen molar-refractivity contribution in [2.75, 3.05) is 38.1 Å². The smallest absolute Gasteiger partial charge is 0.370 e. The number of alkyl halides is 3. The molecule has 2 N–H and O–H groups in total. The van der Waals surface area contributed by atoms with Crippen LogP contribution in [0.15, 0.2) is 35.3 Å². The molecule has 0 saturated carbocycles. The number of para-hydroxylation sites is 1. The molecule has 12 heteroatoms. The number of halogens is 4. The van der Waals surface area contributed by atoms with Gasteiger partial charge in [0.25, 0.3) is 0 Å². The summed E-state index contributed by atoms with van der Waals surface area (Å²) in [6.07, 6.45) is 0.554. The molecule has 0 bridgehead atoms. The lowest BCUT2D eigenvalue weighted by molar-refractivity contribution is -0.0494. The molecule has 0 aliphatic carbocycles. The Morgan fingerprint density at radius 3 is 2.35 bits per heavy atom. The zero-order chi connectivity index (χ0) is 22.4. The fraction of sp³-hybridized carbons (Fsp3) is 0.632. The van der Waals surface area contributed by atoms with Crippen LogP contribution in [0, 0.1) is 0 Å². The molecule has 1 aromatic carbocycles. The molecule has 2 rings (SSSR count). The van der Waals surface area contributed by atoms with Gasteiger partial charge in [-0.2, -0.15) is 17.5 Å². The Hall–Kier alpha value is -1.28. The summed E-state index contributed by atoms with van der Waals surface area (Å²) in [7, 11) is -3.27. The third-order valence-electron chi connectivity index (χ3n) is 5.11. The number of piperidine rings is 1. The van der Waals surface area contributed by atoms with Gasteiger partial charge in [0, 0.05) is 44.5 Å². The predicted octanol–water partition coefficient (Wildman–Crippen LogP) is 3.00. The molecule has 0 spiro atoms. The Morgan fingerprint density at radius 2 is 1.84 bits per heavy atom. The lowest BCUT2D eigenvalue weighted by atomic mass is 10.1. The largest absolute Gasteiger partial charge is 0.511 e. The molecule has 178 valence electrons. The Kier molecular flexibility index (Phi) is 10.8. The van der Waals surface area contributed by atoms with Crippen LogP contribution in [-0.4, -0.2) is 69.5 Å². The van der Waals surface area contributed by atoms with Crippen LogP contribution in [0.5, 0.6) is 0 Å². The molecular weight excluding hydrogens is 546 g/mol. The van der Waals surface area contributed by atoms with Gasteiger partial charge in [0.2, 0.25) is 0 Å². The molecule has 1 atom stereocenters. The summed E-state index contributed by atoms with van der Waals surface area (Å²) in [5.74, 6) is 0.572. The summed E-state index contributed by atoms with van der Waals surface area (Å²) in [5, 5.41) is 6.36. The third-order valence-corrected chi connectivity index (χ3v) is 6.74. The van der Waals surface area contributed by atoms with Gasteiger partial charge in [0.15, 0.2) is 5.96 Å². The van der Waals surface area contributed by atoms with E-state index in [-0.39, 0.29) is 62.0 Å². The van der Waals surface area contributed by atoms with Crippen LogP contribution in [0.1, 0.15) is 26.7 Å². The van der Waals surface area contributed by atoms with Gasteiger partial charge in [-0.3, -0.25) is 4.99 Å². The molecule has 1 aliphatic heterocycles. The first-order chi connectivity index (χ1) is 14.1. The topological polar surface area (TPSA) is 77.0 Å². The SMILES string of the molecule is CCNC(=NCC(C)N(C)c1ccccc1)NC1CCN(S(=O)(=O)C(F)(F)F)CC1.I. The summed E-state index contributed by atoms with van der Waals surface area (Å²) < 4.78 is 61.7. The molecule has 0 radical (unpaired) electrons. The van der Waals surface area contributed by atoms with Gasteiger partial charge in [-0.15, -0.1) is 24.0 Å². The van der Waals surface area contributed by atoms with Gasteiger partial charge >= 0.3 is 15.5 Å². The lowest BCUT2D eigenvalue weighted by Gasteiger charge is -2.32. The first-order valence-corrected chi connectivity index (χ1v) is 11.4. The molecule has 1 aliphatic rings. The van der Waals surface area contributed by atoms with Gasteiger partial charge in [-0.1, -0.05) is 18.2 Å². The molecule has 7 nitrogen and oxygen atoms in total. The van der Waals surface area contributed by atoms with Crippen molar-refractivity contribution in [3.63, 3.8) is 0 Å². The highest BCUT2D eigenvalue weighted by atomic mass is 127. The van der Waals surface area contributed by atoms with E-state index in [1.54, 1.807) is 0 Å². The van der Waals surface area contributed by atoms with Crippen LogP contribution in [0.25, 0.3) is 0 Å². The van der Waals surface area contributed by atoms with E-state index in [0.717, 1.165) is 5.69 Å². The first kappa shape index (κ1) is 27.8. The average molecular weight is 577 g/mol. The highest BCUT2D eigenvalue weighted by molar-refractivity contribution is 14.0. The second-order valence-electron chi connectivity index (χ2n) is 7.28. The van der Waals surface area contributed by atoms with Gasteiger partial charge in [0.1, 0.15) is 0 Å². The summed E-state index contributed by atoms with van der Waals surface area (Å²) in [6, 6.07) is 9.92. The minimum Gasteiger partial charge on any atom is -0.370 e. The third kappa shape index (κ3) is 7.67. The Bertz CT molecular complexity index is 801. The van der Waals surface area contributed by atoms with Crippen LogP contribution < -0.4 is 15.5 Å². The van der Waals surface area contributed by atoms with Gasteiger partial charge in [0.05, 0.1) is 6.54 Å². The van der Waals surface area contributed by atoms with E-state index >= 15 is 0 Å². The van der Waals surface area contributed by atoms with E-state index in [2.05, 4.69) is 27.4 Å². The maximum Gasteiger partial charge on any atom is 0.511 e. The van der Waals surface area contributed by atoms with Crippen molar-refractivity contribution in [1.82, 2.24) is 14.9 Å². The second kappa shape index (κ2) is 12.1. The Labute approximate surface area is 199 Å². The first-order valence-electron chi connectivity index (χ1n) is 9.95. The van der Waals surface area contributed by atoms with Crippen LogP contribution in [0.3, 0.4) is 0 Å². The van der Waals surface area contributed by atoms with E-state index in [1.165, 1.54) is 0 Å². The molecular formula is C19H31F3IN5O2S. The van der Waals surface area contributed by atoms with Crippen molar-refractivity contribution in [3.8, 4) is 0 Å². The predicted molar refractivity (Wildman–Crippen MR) is 128 cm³/mol. The Morgan fingerprint density at radius 1 is 1.26 bits per heavy atom. The highest BCUT2D eigenvalue weighted by Crippen LogP contribution is 2.28. The van der Waals surface area contributed by atoms with Crippen molar-refractivity contribution in [3.05, 3.63) is 30.3 Å².